The van der Waals surface area contributed by atoms with Crippen LogP contribution in [0.2, 0.25) is 0 Å². The first-order chi connectivity index (χ1) is 6.63. The van der Waals surface area contributed by atoms with Crippen molar-refractivity contribution < 1.29 is 14.4 Å². The van der Waals surface area contributed by atoms with Crippen LogP contribution in [0, 0.1) is 10.1 Å². The van der Waals surface area contributed by atoms with Crippen LogP contribution in [0.15, 0.2) is 24.3 Å². The van der Waals surface area contributed by atoms with Crippen molar-refractivity contribution in [2.75, 3.05) is 6.67 Å². The minimum Gasteiger partial charge on any atom is -0.390 e. The van der Waals surface area contributed by atoms with Crippen molar-refractivity contribution in [3.63, 3.8) is 0 Å². The molecule has 0 aliphatic carbocycles. The quantitative estimate of drug-likeness (QED) is 0.589. The lowest BCUT2D eigenvalue weighted by molar-refractivity contribution is -0.384. The summed E-state index contributed by atoms with van der Waals surface area (Å²) < 4.78 is 11.9. The third kappa shape index (κ3) is 2.77. The van der Waals surface area contributed by atoms with Crippen LogP contribution in [0.25, 0.3) is 0 Å². The molecule has 1 atom stereocenters. The van der Waals surface area contributed by atoms with Crippen molar-refractivity contribution in [1.29, 1.82) is 0 Å². The molecule has 1 aromatic rings. The Labute approximate surface area is 80.1 Å². The molecule has 14 heavy (non-hydrogen) atoms. The Morgan fingerprint density at radius 2 is 2.00 bits per heavy atom. The van der Waals surface area contributed by atoms with Crippen molar-refractivity contribution in [1.82, 2.24) is 0 Å². The van der Waals surface area contributed by atoms with Crippen molar-refractivity contribution in [2.24, 2.45) is 0 Å². The summed E-state index contributed by atoms with van der Waals surface area (Å²) in [5.74, 6) is 0. The van der Waals surface area contributed by atoms with Gasteiger partial charge in [-0.25, -0.2) is 4.39 Å². The molecule has 1 rings (SSSR count). The number of aliphatic hydroxyl groups is 1. The minimum atomic E-state index is -1.03. The second kappa shape index (κ2) is 4.66. The van der Waals surface area contributed by atoms with Crippen molar-refractivity contribution in [2.45, 2.75) is 12.5 Å². The lowest BCUT2D eigenvalue weighted by Gasteiger charge is -2.04. The van der Waals surface area contributed by atoms with Crippen LogP contribution >= 0.6 is 0 Å². The molecule has 4 nitrogen and oxygen atoms in total. The molecule has 0 aliphatic rings. The highest BCUT2D eigenvalue weighted by Crippen LogP contribution is 2.13. The van der Waals surface area contributed by atoms with Gasteiger partial charge in [-0.15, -0.1) is 0 Å². The average molecular weight is 199 g/mol. The summed E-state index contributed by atoms with van der Waals surface area (Å²) in [6.45, 7) is -0.809. The monoisotopic (exact) mass is 199 g/mol. The largest absolute Gasteiger partial charge is 0.390 e. The highest BCUT2D eigenvalue weighted by atomic mass is 19.1. The van der Waals surface area contributed by atoms with Crippen molar-refractivity contribution in [3.05, 3.63) is 39.9 Å². The molecule has 1 unspecified atom stereocenters. The number of alkyl halides is 1. The van der Waals surface area contributed by atoms with E-state index in [2.05, 4.69) is 0 Å². The molecule has 0 spiro atoms. The van der Waals surface area contributed by atoms with Gasteiger partial charge in [0.15, 0.2) is 0 Å². The lowest BCUT2D eigenvalue weighted by Crippen LogP contribution is -2.12. The van der Waals surface area contributed by atoms with Crippen LogP contribution in [0.4, 0.5) is 10.1 Å². The molecule has 0 saturated carbocycles. The van der Waals surface area contributed by atoms with E-state index in [0.29, 0.717) is 5.56 Å². The number of halogens is 1. The van der Waals surface area contributed by atoms with Crippen LogP contribution in [0.1, 0.15) is 5.56 Å². The molecular formula is C9H10FNO3. The van der Waals surface area contributed by atoms with Gasteiger partial charge in [0.05, 0.1) is 11.0 Å². The number of nitro benzene ring substituents is 1. The van der Waals surface area contributed by atoms with Crippen LogP contribution in [0.3, 0.4) is 0 Å². The minimum absolute atomic E-state index is 0.0107. The molecule has 0 saturated heterocycles. The SMILES string of the molecule is O=[N+]([O-])c1ccc(CC(O)CF)cc1. The highest BCUT2D eigenvalue weighted by molar-refractivity contribution is 5.33. The number of aliphatic hydroxyl groups excluding tert-OH is 1. The number of nitrogens with zero attached hydrogens (tertiary/aromatic N) is 1. The Morgan fingerprint density at radius 1 is 1.43 bits per heavy atom. The van der Waals surface area contributed by atoms with E-state index in [1.54, 1.807) is 0 Å². The molecule has 0 bridgehead atoms. The first-order valence-electron chi connectivity index (χ1n) is 4.11. The van der Waals surface area contributed by atoms with E-state index in [1.807, 2.05) is 0 Å². The molecule has 0 radical (unpaired) electrons. The zero-order valence-corrected chi connectivity index (χ0v) is 7.39. The molecule has 0 aliphatic heterocycles. The van der Waals surface area contributed by atoms with Gasteiger partial charge in [0.25, 0.3) is 5.69 Å². The van der Waals surface area contributed by atoms with E-state index >= 15 is 0 Å². The van der Waals surface area contributed by atoms with Gasteiger partial charge in [-0.2, -0.15) is 0 Å². The fourth-order valence-electron chi connectivity index (χ4n) is 1.08. The van der Waals surface area contributed by atoms with Gasteiger partial charge in [0.2, 0.25) is 0 Å². The molecule has 0 heterocycles. The normalized spacial score (nSPS) is 12.4. The maximum Gasteiger partial charge on any atom is 0.269 e. The van der Waals surface area contributed by atoms with Gasteiger partial charge < -0.3 is 5.11 Å². The number of hydrogen-bond acceptors (Lipinski definition) is 3. The van der Waals surface area contributed by atoms with Gasteiger partial charge in [-0.1, -0.05) is 12.1 Å². The number of non-ortho nitro benzene ring substituents is 1. The maximum atomic E-state index is 11.9. The van der Waals surface area contributed by atoms with Crippen LogP contribution in [-0.2, 0) is 6.42 Å². The second-order valence-corrected chi connectivity index (χ2v) is 2.94. The van der Waals surface area contributed by atoms with Crippen molar-refractivity contribution >= 4 is 5.69 Å². The third-order valence-electron chi connectivity index (χ3n) is 1.80. The maximum absolute atomic E-state index is 11.9. The van der Waals surface area contributed by atoms with Gasteiger partial charge in [0.1, 0.15) is 6.67 Å². The number of benzene rings is 1. The zero-order valence-electron chi connectivity index (χ0n) is 7.39. The van der Waals surface area contributed by atoms with E-state index in [4.69, 9.17) is 5.11 Å². The summed E-state index contributed by atoms with van der Waals surface area (Å²) in [5, 5.41) is 19.3. The van der Waals surface area contributed by atoms with Gasteiger partial charge in [0, 0.05) is 18.6 Å². The molecule has 5 heteroatoms. The van der Waals surface area contributed by atoms with E-state index in [-0.39, 0.29) is 12.1 Å². The fourth-order valence-corrected chi connectivity index (χ4v) is 1.08. The zero-order chi connectivity index (χ0) is 10.6. The summed E-state index contributed by atoms with van der Waals surface area (Å²) in [7, 11) is 0. The Morgan fingerprint density at radius 3 is 2.43 bits per heavy atom. The number of hydrogen-bond donors (Lipinski definition) is 1. The topological polar surface area (TPSA) is 63.4 Å². The predicted octanol–water partition coefficient (Wildman–Crippen LogP) is 1.47. The smallest absolute Gasteiger partial charge is 0.269 e. The van der Waals surface area contributed by atoms with Crippen molar-refractivity contribution in [3.8, 4) is 0 Å². The number of rotatable bonds is 4. The molecule has 1 aromatic carbocycles. The van der Waals surface area contributed by atoms with E-state index in [1.165, 1.54) is 24.3 Å². The lowest BCUT2D eigenvalue weighted by atomic mass is 10.1. The Hall–Kier alpha value is -1.49. The average Bonchev–Trinajstić information content (AvgIpc) is 2.18. The standard InChI is InChI=1S/C9H10FNO3/c10-6-9(12)5-7-1-3-8(4-2-7)11(13)14/h1-4,9,12H,5-6H2. The van der Waals surface area contributed by atoms with E-state index in [0.717, 1.165) is 0 Å². The van der Waals surface area contributed by atoms with Gasteiger partial charge in [-0.05, 0) is 5.56 Å². The molecular weight excluding hydrogens is 189 g/mol. The van der Waals surface area contributed by atoms with Crippen LogP contribution in [-0.4, -0.2) is 22.8 Å². The molecule has 0 aromatic heterocycles. The van der Waals surface area contributed by atoms with E-state index < -0.39 is 17.7 Å². The Balaban J connectivity index is 2.68. The molecule has 76 valence electrons. The van der Waals surface area contributed by atoms with Crippen LogP contribution in [0.5, 0.6) is 0 Å². The van der Waals surface area contributed by atoms with Crippen LogP contribution < -0.4 is 0 Å². The summed E-state index contributed by atoms with van der Waals surface area (Å²) in [6, 6.07) is 5.69. The summed E-state index contributed by atoms with van der Waals surface area (Å²) in [6.07, 6.45) is -0.856. The second-order valence-electron chi connectivity index (χ2n) is 2.94. The number of nitro groups is 1. The molecule has 1 N–H and O–H groups in total. The summed E-state index contributed by atoms with van der Waals surface area (Å²) >= 11 is 0. The summed E-state index contributed by atoms with van der Waals surface area (Å²) in [5.41, 5.74) is 0.671. The summed E-state index contributed by atoms with van der Waals surface area (Å²) in [4.78, 5) is 9.78. The highest BCUT2D eigenvalue weighted by Gasteiger charge is 2.07. The van der Waals surface area contributed by atoms with Gasteiger partial charge >= 0.3 is 0 Å². The first-order valence-corrected chi connectivity index (χ1v) is 4.11. The Bertz CT molecular complexity index is 312. The Kier molecular flexibility index (Phi) is 3.53. The molecule has 0 amide bonds. The fraction of sp³-hybridized carbons (Fsp3) is 0.333. The van der Waals surface area contributed by atoms with Gasteiger partial charge in [-0.3, -0.25) is 10.1 Å². The predicted molar refractivity (Wildman–Crippen MR) is 48.8 cm³/mol. The first kappa shape index (κ1) is 10.6. The molecule has 0 fully saturated rings. The third-order valence-corrected chi connectivity index (χ3v) is 1.80. The van der Waals surface area contributed by atoms with E-state index in [9.17, 15) is 14.5 Å².